The summed E-state index contributed by atoms with van der Waals surface area (Å²) in [4.78, 5) is 15.0. The lowest BCUT2D eigenvalue weighted by atomic mass is 10.1. The Morgan fingerprint density at radius 3 is 2.27 bits per heavy atom. The maximum Gasteiger partial charge on any atom is 0.221 e. The molecule has 0 atom stereocenters. The zero-order chi connectivity index (χ0) is 18.5. The highest BCUT2D eigenvalue weighted by Gasteiger charge is 1.98. The minimum absolute atomic E-state index is 0.0585. The zero-order valence-electron chi connectivity index (χ0n) is 15.8. The van der Waals surface area contributed by atoms with Crippen molar-refractivity contribution in [2.75, 3.05) is 11.9 Å². The number of carbonyl (C=O) groups is 1. The molecule has 0 saturated heterocycles. The maximum absolute atomic E-state index is 11.0. The molecule has 0 bridgehead atoms. The van der Waals surface area contributed by atoms with Crippen molar-refractivity contribution in [3.8, 4) is 5.75 Å². The van der Waals surface area contributed by atoms with Crippen LogP contribution in [0.5, 0.6) is 5.75 Å². The molecule has 5 nitrogen and oxygen atoms in total. The Morgan fingerprint density at radius 2 is 1.65 bits per heavy atom. The number of anilines is 1. The average molecular weight is 357 g/mol. The molecule has 2 aromatic rings. The monoisotopic (exact) mass is 357 g/mol. The second kappa shape index (κ2) is 12.1. The van der Waals surface area contributed by atoms with Gasteiger partial charge >= 0.3 is 0 Å². The minimum atomic E-state index is -0.0585. The number of imidazole rings is 1. The molecule has 0 spiro atoms. The molecule has 0 radical (unpaired) electrons. The number of nitrogens with zero attached hydrogens (tertiary/aromatic N) is 2. The highest BCUT2D eigenvalue weighted by molar-refractivity contribution is 5.88. The molecule has 1 N–H and O–H groups in total. The van der Waals surface area contributed by atoms with Gasteiger partial charge in [-0.3, -0.25) is 4.79 Å². The van der Waals surface area contributed by atoms with Crippen molar-refractivity contribution in [1.82, 2.24) is 9.55 Å². The van der Waals surface area contributed by atoms with E-state index in [1.165, 1.54) is 51.9 Å². The number of rotatable bonds is 13. The standard InChI is InChI=1S/C21H31N3O2/c1-19(25)23-20-10-12-21(13-11-20)26-17-9-7-5-3-2-4-6-8-15-24-16-14-22-18-24/h10-14,16,18H,2-9,15,17H2,1H3,(H,23,25). The Hall–Kier alpha value is -2.30. The van der Waals surface area contributed by atoms with Gasteiger partial charge in [0.15, 0.2) is 0 Å². The SMILES string of the molecule is CC(=O)Nc1ccc(OCCCCCCCCCCn2ccnc2)cc1. The van der Waals surface area contributed by atoms with Gasteiger partial charge in [0, 0.05) is 31.5 Å². The molecule has 1 aromatic carbocycles. The molecule has 1 aromatic heterocycles. The number of amides is 1. The van der Waals surface area contributed by atoms with Gasteiger partial charge in [-0.05, 0) is 37.1 Å². The Labute approximate surface area is 156 Å². The van der Waals surface area contributed by atoms with E-state index in [0.717, 1.165) is 31.0 Å². The van der Waals surface area contributed by atoms with Gasteiger partial charge in [0.05, 0.1) is 12.9 Å². The summed E-state index contributed by atoms with van der Waals surface area (Å²) in [5.41, 5.74) is 0.801. The van der Waals surface area contributed by atoms with Crippen molar-refractivity contribution >= 4 is 11.6 Å². The molecule has 0 fully saturated rings. The molecule has 26 heavy (non-hydrogen) atoms. The highest BCUT2D eigenvalue weighted by Crippen LogP contribution is 2.16. The fourth-order valence-corrected chi connectivity index (χ4v) is 2.90. The summed E-state index contributed by atoms with van der Waals surface area (Å²) in [7, 11) is 0. The summed E-state index contributed by atoms with van der Waals surface area (Å²) in [5.74, 6) is 0.800. The zero-order valence-corrected chi connectivity index (χ0v) is 15.8. The van der Waals surface area contributed by atoms with Crippen molar-refractivity contribution in [3.63, 3.8) is 0 Å². The fourth-order valence-electron chi connectivity index (χ4n) is 2.90. The molecule has 5 heteroatoms. The Kier molecular flexibility index (Phi) is 9.33. The van der Waals surface area contributed by atoms with Crippen LogP contribution in [0.1, 0.15) is 58.3 Å². The summed E-state index contributed by atoms with van der Waals surface area (Å²) in [6, 6.07) is 7.53. The molecule has 1 heterocycles. The van der Waals surface area contributed by atoms with Crippen molar-refractivity contribution in [2.24, 2.45) is 0 Å². The molecule has 142 valence electrons. The smallest absolute Gasteiger partial charge is 0.221 e. The molecular formula is C21H31N3O2. The molecule has 0 aliphatic rings. The topological polar surface area (TPSA) is 56.1 Å². The first-order valence-corrected chi connectivity index (χ1v) is 9.70. The summed E-state index contributed by atoms with van der Waals surface area (Å²) < 4.78 is 7.89. The van der Waals surface area contributed by atoms with E-state index in [2.05, 4.69) is 14.9 Å². The number of carbonyl (C=O) groups excluding carboxylic acids is 1. The normalized spacial score (nSPS) is 10.7. The number of hydrogen-bond donors (Lipinski definition) is 1. The van der Waals surface area contributed by atoms with Crippen molar-refractivity contribution < 1.29 is 9.53 Å². The van der Waals surface area contributed by atoms with Crippen LogP contribution in [0.4, 0.5) is 5.69 Å². The van der Waals surface area contributed by atoms with Crippen LogP contribution in [0, 0.1) is 0 Å². The van der Waals surface area contributed by atoms with Crippen molar-refractivity contribution in [2.45, 2.75) is 64.8 Å². The lowest BCUT2D eigenvalue weighted by Gasteiger charge is -2.07. The molecule has 2 rings (SSSR count). The van der Waals surface area contributed by atoms with E-state index in [-0.39, 0.29) is 5.91 Å². The number of ether oxygens (including phenoxy) is 1. The van der Waals surface area contributed by atoms with Gasteiger partial charge in [-0.2, -0.15) is 0 Å². The van der Waals surface area contributed by atoms with E-state index in [1.807, 2.05) is 43.0 Å². The second-order valence-corrected chi connectivity index (χ2v) is 6.68. The first-order valence-electron chi connectivity index (χ1n) is 9.70. The van der Waals surface area contributed by atoms with Gasteiger partial charge in [-0.15, -0.1) is 0 Å². The van der Waals surface area contributed by atoms with Crippen LogP contribution in [0.25, 0.3) is 0 Å². The van der Waals surface area contributed by atoms with Gasteiger partial charge in [-0.1, -0.05) is 38.5 Å². The van der Waals surface area contributed by atoms with E-state index in [4.69, 9.17) is 4.74 Å². The van der Waals surface area contributed by atoms with Crippen LogP contribution in [0.3, 0.4) is 0 Å². The summed E-state index contributed by atoms with van der Waals surface area (Å²) in [6.07, 6.45) is 15.9. The van der Waals surface area contributed by atoms with Crippen molar-refractivity contribution in [1.29, 1.82) is 0 Å². The van der Waals surface area contributed by atoms with E-state index in [1.54, 1.807) is 0 Å². The van der Waals surface area contributed by atoms with Gasteiger partial charge in [0.1, 0.15) is 5.75 Å². The fraction of sp³-hybridized carbons (Fsp3) is 0.524. The summed E-state index contributed by atoms with van der Waals surface area (Å²) in [6.45, 7) is 3.35. The van der Waals surface area contributed by atoms with E-state index in [9.17, 15) is 4.79 Å². The van der Waals surface area contributed by atoms with E-state index in [0.29, 0.717) is 0 Å². The predicted molar refractivity (Wildman–Crippen MR) is 105 cm³/mol. The molecule has 0 saturated carbocycles. The first-order chi connectivity index (χ1) is 12.7. The third kappa shape index (κ3) is 8.70. The predicted octanol–water partition coefficient (Wildman–Crippen LogP) is 5.04. The number of nitrogens with one attached hydrogen (secondary N) is 1. The number of aromatic nitrogens is 2. The van der Waals surface area contributed by atoms with E-state index >= 15 is 0 Å². The van der Waals surface area contributed by atoms with Crippen LogP contribution in [-0.4, -0.2) is 22.1 Å². The number of unbranched alkanes of at least 4 members (excludes halogenated alkanes) is 7. The molecule has 0 unspecified atom stereocenters. The maximum atomic E-state index is 11.0. The first kappa shape index (κ1) is 20.0. The molecule has 0 aliphatic heterocycles. The van der Waals surface area contributed by atoms with Gasteiger partial charge < -0.3 is 14.6 Å². The van der Waals surface area contributed by atoms with Gasteiger partial charge in [-0.25, -0.2) is 4.98 Å². The van der Waals surface area contributed by atoms with Crippen molar-refractivity contribution in [3.05, 3.63) is 43.0 Å². The van der Waals surface area contributed by atoms with Crippen LogP contribution in [0.2, 0.25) is 0 Å². The lowest BCUT2D eigenvalue weighted by molar-refractivity contribution is -0.114. The largest absolute Gasteiger partial charge is 0.494 e. The minimum Gasteiger partial charge on any atom is -0.494 e. The summed E-state index contributed by atoms with van der Waals surface area (Å²) in [5, 5.41) is 2.75. The number of benzene rings is 1. The summed E-state index contributed by atoms with van der Waals surface area (Å²) >= 11 is 0. The Bertz CT molecular complexity index is 609. The molecular weight excluding hydrogens is 326 g/mol. The average Bonchev–Trinajstić information content (AvgIpc) is 3.14. The van der Waals surface area contributed by atoms with Gasteiger partial charge in [0.2, 0.25) is 5.91 Å². The number of aryl methyl sites for hydroxylation is 1. The second-order valence-electron chi connectivity index (χ2n) is 6.68. The van der Waals surface area contributed by atoms with E-state index < -0.39 is 0 Å². The highest BCUT2D eigenvalue weighted by atomic mass is 16.5. The number of hydrogen-bond acceptors (Lipinski definition) is 3. The molecule has 0 aliphatic carbocycles. The Morgan fingerprint density at radius 1 is 1.00 bits per heavy atom. The third-order valence-electron chi connectivity index (χ3n) is 4.31. The molecule has 1 amide bonds. The Balaban J connectivity index is 1.39. The third-order valence-corrected chi connectivity index (χ3v) is 4.31. The van der Waals surface area contributed by atoms with Crippen LogP contribution >= 0.6 is 0 Å². The van der Waals surface area contributed by atoms with Gasteiger partial charge in [0.25, 0.3) is 0 Å². The van der Waals surface area contributed by atoms with Crippen LogP contribution in [0.15, 0.2) is 43.0 Å². The lowest BCUT2D eigenvalue weighted by Crippen LogP contribution is -2.05. The van der Waals surface area contributed by atoms with Crippen LogP contribution in [-0.2, 0) is 11.3 Å². The van der Waals surface area contributed by atoms with Crippen LogP contribution < -0.4 is 10.1 Å². The quantitative estimate of drug-likeness (QED) is 0.511.